The minimum Gasteiger partial charge on any atom is -0.388 e. The summed E-state index contributed by atoms with van der Waals surface area (Å²) in [7, 11) is 0. The van der Waals surface area contributed by atoms with Crippen molar-refractivity contribution >= 4 is 11.7 Å². The van der Waals surface area contributed by atoms with E-state index >= 15 is 0 Å². The average molecular weight is 394 g/mol. The molecule has 1 aliphatic rings. The third kappa shape index (κ3) is 4.78. The van der Waals surface area contributed by atoms with Gasteiger partial charge in [-0.3, -0.25) is 4.79 Å². The van der Waals surface area contributed by atoms with E-state index in [1.165, 1.54) is 6.07 Å². The van der Waals surface area contributed by atoms with Gasteiger partial charge < -0.3 is 15.3 Å². The molecule has 2 heterocycles. The summed E-state index contributed by atoms with van der Waals surface area (Å²) in [5, 5.41) is 12.4. The number of benzene rings is 1. The number of rotatable bonds is 6. The molecule has 0 radical (unpaired) electrons. The van der Waals surface area contributed by atoms with Gasteiger partial charge in [-0.15, -0.1) is 0 Å². The van der Waals surface area contributed by atoms with Crippen molar-refractivity contribution in [1.82, 2.24) is 14.9 Å². The van der Waals surface area contributed by atoms with Gasteiger partial charge in [0.2, 0.25) is 5.91 Å². The van der Waals surface area contributed by atoms with Gasteiger partial charge in [-0.05, 0) is 31.0 Å². The van der Waals surface area contributed by atoms with Gasteiger partial charge in [-0.1, -0.05) is 12.1 Å². The zero-order chi connectivity index (χ0) is 20.3. The Morgan fingerprint density at radius 1 is 1.29 bits per heavy atom. The van der Waals surface area contributed by atoms with E-state index in [1.807, 2.05) is 0 Å². The zero-order valence-electron chi connectivity index (χ0n) is 15.3. The summed E-state index contributed by atoms with van der Waals surface area (Å²) < 4.78 is 39.4. The molecule has 0 spiro atoms. The van der Waals surface area contributed by atoms with Crippen LogP contribution < -0.4 is 5.32 Å². The summed E-state index contributed by atoms with van der Waals surface area (Å²) in [4.78, 5) is 21.9. The Bertz CT molecular complexity index is 857. The highest BCUT2D eigenvalue weighted by Gasteiger charge is 2.32. The number of alkyl halides is 3. The van der Waals surface area contributed by atoms with Crippen LogP contribution in [0.2, 0.25) is 0 Å². The number of nitrogens with one attached hydrogen (secondary N) is 1. The smallest absolute Gasteiger partial charge is 0.388 e. The van der Waals surface area contributed by atoms with E-state index in [-0.39, 0.29) is 24.9 Å². The van der Waals surface area contributed by atoms with Crippen LogP contribution in [-0.2, 0) is 17.6 Å². The first-order valence-corrected chi connectivity index (χ1v) is 8.93. The van der Waals surface area contributed by atoms with Crippen molar-refractivity contribution in [2.24, 2.45) is 0 Å². The lowest BCUT2D eigenvalue weighted by Crippen LogP contribution is -2.33. The Balaban J connectivity index is 1.93. The molecule has 1 aromatic carbocycles. The van der Waals surface area contributed by atoms with E-state index in [4.69, 9.17) is 0 Å². The molecule has 1 saturated heterocycles. The van der Waals surface area contributed by atoms with E-state index < -0.39 is 17.8 Å². The number of aliphatic hydroxyl groups excluding tert-OH is 1. The number of hydrogen-bond acceptors (Lipinski definition) is 5. The molecule has 0 saturated carbocycles. The van der Waals surface area contributed by atoms with Crippen LogP contribution in [-0.4, -0.2) is 39.0 Å². The average Bonchev–Trinajstić information content (AvgIpc) is 3.05. The first kappa shape index (κ1) is 20.1. The van der Waals surface area contributed by atoms with Gasteiger partial charge in [0.05, 0.1) is 11.6 Å². The number of aryl methyl sites for hydroxylation is 1. The Hall–Kier alpha value is -2.68. The Labute approximate surface area is 160 Å². The lowest BCUT2D eigenvalue weighted by Gasteiger charge is -2.26. The van der Waals surface area contributed by atoms with Crippen molar-refractivity contribution in [3.8, 4) is 0 Å². The molecule has 1 aromatic heterocycles. The van der Waals surface area contributed by atoms with E-state index in [0.29, 0.717) is 30.0 Å². The summed E-state index contributed by atoms with van der Waals surface area (Å²) in [5.74, 6) is 0.571. The van der Waals surface area contributed by atoms with Gasteiger partial charge in [0.25, 0.3) is 0 Å². The predicted octanol–water partition coefficient (Wildman–Crippen LogP) is 3.07. The molecule has 9 heteroatoms. The number of hydrogen-bond donors (Lipinski definition) is 2. The molecule has 1 unspecified atom stereocenters. The molecule has 0 aliphatic carbocycles. The van der Waals surface area contributed by atoms with Crippen molar-refractivity contribution in [3.63, 3.8) is 0 Å². The number of likely N-dealkylation sites (tertiary alicyclic amines) is 1. The highest BCUT2D eigenvalue weighted by molar-refractivity contribution is 5.78. The Morgan fingerprint density at radius 2 is 2.07 bits per heavy atom. The summed E-state index contributed by atoms with van der Waals surface area (Å²) in [6.45, 7) is 2.17. The number of nitrogens with zero attached hydrogens (tertiary/aromatic N) is 3. The quantitative estimate of drug-likeness (QED) is 0.787. The Kier molecular flexibility index (Phi) is 5.83. The van der Waals surface area contributed by atoms with Gasteiger partial charge in [-0.25, -0.2) is 9.97 Å². The van der Waals surface area contributed by atoms with Crippen molar-refractivity contribution in [3.05, 3.63) is 53.0 Å². The van der Waals surface area contributed by atoms with Gasteiger partial charge in [0.15, 0.2) is 5.82 Å². The Morgan fingerprint density at radius 3 is 2.71 bits per heavy atom. The van der Waals surface area contributed by atoms with Crippen molar-refractivity contribution < 1.29 is 23.1 Å². The van der Waals surface area contributed by atoms with Gasteiger partial charge in [0.1, 0.15) is 12.4 Å². The molecule has 2 aromatic rings. The maximum absolute atomic E-state index is 13.1. The highest BCUT2D eigenvalue weighted by atomic mass is 19.4. The maximum Gasteiger partial charge on any atom is 0.416 e. The zero-order valence-corrected chi connectivity index (χ0v) is 15.3. The molecular formula is C19H21F3N4O2. The second kappa shape index (κ2) is 8.14. The minimum atomic E-state index is -4.46. The van der Waals surface area contributed by atoms with Crippen LogP contribution in [0.4, 0.5) is 19.0 Å². The molecule has 28 heavy (non-hydrogen) atoms. The number of carbonyl (C=O) groups excluding carboxylic acids is 1. The predicted molar refractivity (Wildman–Crippen MR) is 96.3 cm³/mol. The van der Waals surface area contributed by atoms with Gasteiger partial charge in [0, 0.05) is 31.3 Å². The normalized spacial score (nSPS) is 15.8. The van der Waals surface area contributed by atoms with Crippen LogP contribution in [0.25, 0.3) is 0 Å². The van der Waals surface area contributed by atoms with Crippen molar-refractivity contribution in [1.29, 1.82) is 0 Å². The molecule has 1 fully saturated rings. The largest absolute Gasteiger partial charge is 0.416 e. The molecule has 6 nitrogen and oxygen atoms in total. The number of aromatic nitrogens is 2. The third-order valence-electron chi connectivity index (χ3n) is 4.55. The van der Waals surface area contributed by atoms with E-state index in [0.717, 1.165) is 18.6 Å². The number of aliphatic hydroxyl groups is 1. The molecule has 1 aliphatic heterocycles. The van der Waals surface area contributed by atoms with Gasteiger partial charge >= 0.3 is 6.18 Å². The SMILES string of the molecule is Cc1cc(NC(CN2CCCC2=O)c2cccc(C(F)(F)F)c2)nc(CO)n1. The van der Waals surface area contributed by atoms with Crippen LogP contribution in [0, 0.1) is 6.92 Å². The standard InChI is InChI=1S/C19H21F3N4O2/c1-12-8-16(25-17(11-27)23-12)24-15(10-26-7-3-6-18(26)28)13-4-2-5-14(9-13)19(20,21)22/h2,4-5,8-9,15,27H,3,6-7,10-11H2,1H3,(H,23,24,25). The molecule has 2 N–H and O–H groups in total. The molecule has 150 valence electrons. The number of anilines is 1. The minimum absolute atomic E-state index is 0.0197. The lowest BCUT2D eigenvalue weighted by molar-refractivity contribution is -0.137. The fraction of sp³-hybridized carbons (Fsp3) is 0.421. The summed E-state index contributed by atoms with van der Waals surface area (Å²) in [6.07, 6.45) is -3.29. The summed E-state index contributed by atoms with van der Waals surface area (Å²) in [6, 6.07) is 6.09. The van der Waals surface area contributed by atoms with Crippen LogP contribution in [0.15, 0.2) is 30.3 Å². The first-order valence-electron chi connectivity index (χ1n) is 8.93. The molecular weight excluding hydrogens is 373 g/mol. The highest BCUT2D eigenvalue weighted by Crippen LogP contribution is 2.32. The number of amides is 1. The summed E-state index contributed by atoms with van der Waals surface area (Å²) in [5.41, 5.74) is 0.261. The van der Waals surface area contributed by atoms with E-state index in [9.17, 15) is 23.1 Å². The molecule has 1 amide bonds. The van der Waals surface area contributed by atoms with Crippen LogP contribution in [0.3, 0.4) is 0 Å². The van der Waals surface area contributed by atoms with Crippen molar-refractivity contribution in [2.75, 3.05) is 18.4 Å². The lowest BCUT2D eigenvalue weighted by atomic mass is 10.0. The van der Waals surface area contributed by atoms with Crippen LogP contribution in [0.1, 0.15) is 41.5 Å². The third-order valence-corrected chi connectivity index (χ3v) is 4.55. The first-order chi connectivity index (χ1) is 13.3. The number of carbonyl (C=O) groups is 1. The molecule has 1 atom stereocenters. The van der Waals surface area contributed by atoms with Crippen molar-refractivity contribution in [2.45, 2.75) is 38.6 Å². The fourth-order valence-corrected chi connectivity index (χ4v) is 3.24. The van der Waals surface area contributed by atoms with Crippen LogP contribution >= 0.6 is 0 Å². The molecule has 0 bridgehead atoms. The van der Waals surface area contributed by atoms with E-state index in [2.05, 4.69) is 15.3 Å². The topological polar surface area (TPSA) is 78.4 Å². The fourth-order valence-electron chi connectivity index (χ4n) is 3.24. The van der Waals surface area contributed by atoms with Gasteiger partial charge in [-0.2, -0.15) is 13.2 Å². The van der Waals surface area contributed by atoms with E-state index in [1.54, 1.807) is 24.0 Å². The van der Waals surface area contributed by atoms with Crippen LogP contribution in [0.5, 0.6) is 0 Å². The second-order valence-electron chi connectivity index (χ2n) is 6.73. The monoisotopic (exact) mass is 394 g/mol. The second-order valence-corrected chi connectivity index (χ2v) is 6.73. The maximum atomic E-state index is 13.1. The molecule has 3 rings (SSSR count). The summed E-state index contributed by atoms with van der Waals surface area (Å²) >= 11 is 0. The number of halogens is 3.